The first-order chi connectivity index (χ1) is 8.91. The van der Waals surface area contributed by atoms with E-state index in [-0.39, 0.29) is 0 Å². The Hall–Kier alpha value is 1.72. The molecule has 0 fully saturated rings. The third kappa shape index (κ3) is 15.9. The van der Waals surface area contributed by atoms with E-state index in [0.717, 1.165) is 0 Å². The molecule has 0 aromatic rings. The monoisotopic (exact) mass is 340 g/mol. The molecule has 0 saturated carbocycles. The van der Waals surface area contributed by atoms with Gasteiger partial charge in [0.25, 0.3) is 0 Å². The minimum absolute atomic E-state index is 0.339. The van der Waals surface area contributed by atoms with Crippen LogP contribution in [0, 0.1) is 0 Å². The highest BCUT2D eigenvalue weighted by atomic mass is 31.1. The predicted octanol–water partition coefficient (Wildman–Crippen LogP) is 5.86. The van der Waals surface area contributed by atoms with Gasteiger partial charge in [-0.05, 0) is 96.2 Å². The molecular weight excluding hydrogens is 304 g/mol. The van der Waals surface area contributed by atoms with Crippen molar-refractivity contribution in [1.29, 1.82) is 0 Å². The Morgan fingerprint density at radius 2 is 0.684 bits per heavy atom. The van der Waals surface area contributed by atoms with Gasteiger partial charge in [0, 0.05) is 0 Å². The summed E-state index contributed by atoms with van der Waals surface area (Å²) in [5.74, 6) is 0. The van der Waals surface area contributed by atoms with Crippen LogP contribution in [-0.2, 0) is 0 Å². The molecule has 0 amide bonds. The van der Waals surface area contributed by atoms with Crippen molar-refractivity contribution in [2.75, 3.05) is 77.0 Å². The van der Waals surface area contributed by atoms with Crippen molar-refractivity contribution in [1.82, 2.24) is 0 Å². The Bertz CT molecular complexity index is 159. The lowest BCUT2D eigenvalue weighted by Crippen LogP contribution is -2.00. The second-order valence-electron chi connectivity index (χ2n) is 6.31. The molecule has 0 nitrogen and oxygen atoms in total. The van der Waals surface area contributed by atoms with Crippen LogP contribution < -0.4 is 0 Å². The normalized spacial score (nSPS) is 12.3. The fraction of sp³-hybridized carbons (Fsp3) is 1.00. The van der Waals surface area contributed by atoms with Gasteiger partial charge < -0.3 is 0 Å². The molecule has 4 heteroatoms. The quantitative estimate of drug-likeness (QED) is 0.390. The molecule has 0 atom stereocenters. The molecule has 0 spiro atoms. The molecule has 0 N–H and O–H groups in total. The van der Waals surface area contributed by atoms with Crippen molar-refractivity contribution in [2.45, 2.75) is 19.3 Å². The van der Waals surface area contributed by atoms with Gasteiger partial charge in [0.05, 0.1) is 0 Å². The van der Waals surface area contributed by atoms with E-state index in [9.17, 15) is 0 Å². The first-order valence-electron chi connectivity index (χ1n) is 7.58. The van der Waals surface area contributed by atoms with Gasteiger partial charge in [-0.1, -0.05) is 0 Å². The van der Waals surface area contributed by atoms with E-state index >= 15 is 0 Å². The third-order valence-electron chi connectivity index (χ3n) is 3.24. The Kier molecular flexibility index (Phi) is 14.6. The summed E-state index contributed by atoms with van der Waals surface area (Å²) in [5.41, 5.74) is 0. The first kappa shape index (κ1) is 20.7. The van der Waals surface area contributed by atoms with Crippen molar-refractivity contribution in [3.05, 3.63) is 0 Å². The Morgan fingerprint density at radius 1 is 0.421 bits per heavy atom. The average molecular weight is 340 g/mol. The van der Waals surface area contributed by atoms with Crippen molar-refractivity contribution >= 4 is 31.7 Å². The van der Waals surface area contributed by atoms with E-state index in [4.69, 9.17) is 0 Å². The van der Waals surface area contributed by atoms with Crippen molar-refractivity contribution in [3.63, 3.8) is 0 Å². The maximum Gasteiger partial charge on any atom is -0.0323 e. The van der Waals surface area contributed by atoms with Crippen LogP contribution in [0.1, 0.15) is 19.3 Å². The molecular formula is C15H36P4. The smallest absolute Gasteiger partial charge is 0.0323 e. The zero-order valence-corrected chi connectivity index (χ0v) is 17.7. The second kappa shape index (κ2) is 13.4. The van der Waals surface area contributed by atoms with Crippen molar-refractivity contribution in [2.24, 2.45) is 0 Å². The van der Waals surface area contributed by atoms with Gasteiger partial charge in [0.2, 0.25) is 0 Å². The third-order valence-corrected chi connectivity index (χ3v) is 9.72. The highest BCUT2D eigenvalue weighted by Crippen LogP contribution is 2.42. The van der Waals surface area contributed by atoms with Crippen LogP contribution in [0.3, 0.4) is 0 Å². The summed E-state index contributed by atoms with van der Waals surface area (Å²) in [6.07, 6.45) is 13.8. The van der Waals surface area contributed by atoms with Crippen molar-refractivity contribution in [3.8, 4) is 0 Å². The summed E-state index contributed by atoms with van der Waals surface area (Å²) in [6, 6.07) is 0. The maximum atomic E-state index is 2.43. The molecule has 116 valence electrons. The molecule has 0 radical (unpaired) electrons. The van der Waals surface area contributed by atoms with Crippen LogP contribution in [0.2, 0.25) is 0 Å². The maximum absolute atomic E-state index is 2.43. The van der Waals surface area contributed by atoms with Gasteiger partial charge in [0.1, 0.15) is 0 Å². The van der Waals surface area contributed by atoms with Gasteiger partial charge in [-0.3, -0.25) is 0 Å². The zero-order chi connectivity index (χ0) is 14.7. The van der Waals surface area contributed by atoms with E-state index < -0.39 is 0 Å². The Morgan fingerprint density at radius 3 is 0.895 bits per heavy atom. The van der Waals surface area contributed by atoms with E-state index in [2.05, 4.69) is 40.0 Å². The van der Waals surface area contributed by atoms with Gasteiger partial charge in [-0.25, -0.2) is 0 Å². The lowest BCUT2D eigenvalue weighted by atomic mass is 10.5. The minimum Gasteiger partial charge on any atom is -0.113 e. The molecule has 0 bridgehead atoms. The largest absolute Gasteiger partial charge is 0.113 e. The van der Waals surface area contributed by atoms with Gasteiger partial charge in [0.15, 0.2) is 0 Å². The lowest BCUT2D eigenvalue weighted by molar-refractivity contribution is 1.03. The SMILES string of the molecule is CP(C)CCCP(CCCP(C)C)CCCP(C)C. The van der Waals surface area contributed by atoms with Crippen LogP contribution in [0.5, 0.6) is 0 Å². The van der Waals surface area contributed by atoms with Crippen LogP contribution in [0.4, 0.5) is 0 Å². The average Bonchev–Trinajstić information content (AvgIpc) is 2.26. The molecule has 0 rings (SSSR count). The van der Waals surface area contributed by atoms with Crippen LogP contribution in [-0.4, -0.2) is 77.0 Å². The first-order valence-corrected chi connectivity index (χ1v) is 16.7. The topological polar surface area (TPSA) is 0 Å². The van der Waals surface area contributed by atoms with Crippen molar-refractivity contribution < 1.29 is 0 Å². The van der Waals surface area contributed by atoms with Gasteiger partial charge in [-0.2, -0.15) is 0 Å². The molecule has 0 aromatic carbocycles. The highest BCUT2D eigenvalue weighted by Gasteiger charge is 2.09. The minimum atomic E-state index is 0.339. The Balaban J connectivity index is 3.85. The molecule has 0 heterocycles. The highest BCUT2D eigenvalue weighted by molar-refractivity contribution is 7.58. The molecule has 19 heavy (non-hydrogen) atoms. The predicted molar refractivity (Wildman–Crippen MR) is 106 cm³/mol. The van der Waals surface area contributed by atoms with E-state index in [1.807, 2.05) is 0 Å². The molecule has 0 unspecified atom stereocenters. The Labute approximate surface area is 128 Å². The fourth-order valence-electron chi connectivity index (χ4n) is 2.17. The van der Waals surface area contributed by atoms with Crippen LogP contribution >= 0.6 is 31.7 Å². The number of hydrogen-bond acceptors (Lipinski definition) is 0. The summed E-state index contributed by atoms with van der Waals surface area (Å²) in [5, 5.41) is 0. The summed E-state index contributed by atoms with van der Waals surface area (Å²) in [4.78, 5) is 0. The summed E-state index contributed by atoms with van der Waals surface area (Å²) in [6.45, 7) is 14.6. The molecule has 0 saturated heterocycles. The van der Waals surface area contributed by atoms with E-state index in [1.54, 1.807) is 18.5 Å². The second-order valence-corrected chi connectivity index (χ2v) is 16.8. The number of hydrogen-bond donors (Lipinski definition) is 0. The summed E-state index contributed by atoms with van der Waals surface area (Å²) >= 11 is 0. The molecule has 0 aliphatic heterocycles. The standard InChI is InChI=1S/C15H36P4/c1-16(2)10-7-13-19(14-8-11-17(3)4)15-9-12-18(5)6/h7-15H2,1-6H3. The van der Waals surface area contributed by atoms with E-state index in [0.29, 0.717) is 31.7 Å². The molecule has 0 aliphatic rings. The summed E-state index contributed by atoms with van der Waals surface area (Å²) < 4.78 is 0. The molecule has 0 aromatic heterocycles. The lowest BCUT2D eigenvalue weighted by Gasteiger charge is -2.19. The van der Waals surface area contributed by atoms with Crippen LogP contribution in [0.15, 0.2) is 0 Å². The zero-order valence-electron chi connectivity index (χ0n) is 14.2. The fourth-order valence-corrected chi connectivity index (χ4v) is 7.77. The van der Waals surface area contributed by atoms with Gasteiger partial charge >= 0.3 is 0 Å². The van der Waals surface area contributed by atoms with Crippen LogP contribution in [0.25, 0.3) is 0 Å². The van der Waals surface area contributed by atoms with Gasteiger partial charge in [-0.15, -0.1) is 31.7 Å². The van der Waals surface area contributed by atoms with E-state index in [1.165, 1.54) is 37.7 Å². The number of rotatable bonds is 12. The summed E-state index contributed by atoms with van der Waals surface area (Å²) in [7, 11) is 1.40. The molecule has 0 aliphatic carbocycles.